The monoisotopic (exact) mass is 492 g/mol. The molecule has 3 fully saturated rings. The zero-order valence-corrected chi connectivity index (χ0v) is 19.6. The molecule has 4 atom stereocenters. The predicted molar refractivity (Wildman–Crippen MR) is 121 cm³/mol. The number of rotatable bonds is 4. The molecule has 4 aliphatic heterocycles. The Morgan fingerprint density at radius 3 is 2.49 bits per heavy atom. The SMILES string of the molecule is CN(C(=O)OC1CN2C(N)=NC(CN3C(=O)CCC3=O)[C@@H]3N=C(N)N[C@@]32C1(O)O)C1CCCCC1. The van der Waals surface area contributed by atoms with Gasteiger partial charge in [0.2, 0.25) is 17.6 Å². The number of guanidine groups is 2. The lowest BCUT2D eigenvalue weighted by molar-refractivity contribution is -0.257. The first-order chi connectivity index (χ1) is 16.6. The van der Waals surface area contributed by atoms with Crippen molar-refractivity contribution in [3.8, 4) is 0 Å². The average Bonchev–Trinajstić information content (AvgIpc) is 3.42. The van der Waals surface area contributed by atoms with Crippen LogP contribution < -0.4 is 16.8 Å². The van der Waals surface area contributed by atoms with Crippen LogP contribution in [0.1, 0.15) is 44.9 Å². The number of hydrogen-bond donors (Lipinski definition) is 5. The molecule has 1 aliphatic carbocycles. The highest BCUT2D eigenvalue weighted by Crippen LogP contribution is 2.46. The smallest absolute Gasteiger partial charge is 0.410 e. The first kappa shape index (κ1) is 23.6. The Kier molecular flexibility index (Phi) is 5.55. The maximum Gasteiger partial charge on any atom is 0.410 e. The van der Waals surface area contributed by atoms with E-state index in [4.69, 9.17) is 16.2 Å². The Balaban J connectivity index is 1.41. The summed E-state index contributed by atoms with van der Waals surface area (Å²) in [6.07, 6.45) is 3.01. The number of ether oxygens (including phenoxy) is 1. The van der Waals surface area contributed by atoms with Gasteiger partial charge in [0.05, 0.1) is 19.1 Å². The lowest BCUT2D eigenvalue weighted by Crippen LogP contribution is -2.77. The third kappa shape index (κ3) is 3.49. The minimum absolute atomic E-state index is 0.0214. The summed E-state index contributed by atoms with van der Waals surface area (Å²) in [6, 6.07) is -1.89. The molecule has 2 unspecified atom stereocenters. The van der Waals surface area contributed by atoms with E-state index in [-0.39, 0.29) is 55.7 Å². The van der Waals surface area contributed by atoms with Crippen molar-refractivity contribution in [3.05, 3.63) is 0 Å². The number of nitrogens with zero attached hydrogens (tertiary/aromatic N) is 5. The van der Waals surface area contributed by atoms with Crippen LogP contribution in [-0.4, -0.2) is 111 Å². The fraction of sp³-hybridized carbons (Fsp3) is 0.762. The van der Waals surface area contributed by atoms with E-state index in [1.165, 1.54) is 9.80 Å². The van der Waals surface area contributed by atoms with E-state index < -0.39 is 35.7 Å². The number of aliphatic hydroxyl groups is 2. The molecular weight excluding hydrogens is 460 g/mol. The van der Waals surface area contributed by atoms with Gasteiger partial charge in [0.1, 0.15) is 6.04 Å². The van der Waals surface area contributed by atoms with Gasteiger partial charge in [-0.15, -0.1) is 0 Å². The molecule has 1 spiro atoms. The number of likely N-dealkylation sites (tertiary alicyclic amines) is 1. The molecular formula is C21H32N8O6. The largest absolute Gasteiger partial charge is 0.438 e. The molecule has 5 rings (SSSR count). The van der Waals surface area contributed by atoms with Crippen LogP contribution in [-0.2, 0) is 14.3 Å². The van der Waals surface area contributed by atoms with Crippen LogP contribution in [0.2, 0.25) is 0 Å². The fourth-order valence-corrected chi connectivity index (χ4v) is 6.01. The molecule has 14 nitrogen and oxygen atoms in total. The first-order valence-corrected chi connectivity index (χ1v) is 12.0. The Morgan fingerprint density at radius 2 is 1.83 bits per heavy atom. The van der Waals surface area contributed by atoms with Gasteiger partial charge in [-0.05, 0) is 12.8 Å². The van der Waals surface area contributed by atoms with Gasteiger partial charge in [0.15, 0.2) is 23.7 Å². The Bertz CT molecular complexity index is 978. The molecule has 0 bridgehead atoms. The number of carbonyl (C=O) groups is 3. The Morgan fingerprint density at radius 1 is 1.17 bits per heavy atom. The topological polar surface area (TPSA) is 199 Å². The van der Waals surface area contributed by atoms with Crippen molar-refractivity contribution in [2.24, 2.45) is 21.5 Å². The minimum Gasteiger partial charge on any atom is -0.438 e. The molecule has 0 aromatic heterocycles. The Labute approximate surface area is 201 Å². The van der Waals surface area contributed by atoms with Crippen molar-refractivity contribution in [2.45, 2.75) is 80.6 Å². The quantitative estimate of drug-likeness (QED) is 0.208. The summed E-state index contributed by atoms with van der Waals surface area (Å²) in [5.41, 5.74) is 10.4. The summed E-state index contributed by atoms with van der Waals surface area (Å²) in [4.78, 5) is 50.0. The summed E-state index contributed by atoms with van der Waals surface area (Å²) in [5, 5.41) is 25.7. The van der Waals surface area contributed by atoms with E-state index in [0.717, 1.165) is 37.0 Å². The molecule has 192 valence electrons. The van der Waals surface area contributed by atoms with Gasteiger partial charge in [0, 0.05) is 25.9 Å². The van der Waals surface area contributed by atoms with Crippen molar-refractivity contribution in [1.29, 1.82) is 0 Å². The van der Waals surface area contributed by atoms with Crippen molar-refractivity contribution in [2.75, 3.05) is 20.1 Å². The summed E-state index contributed by atoms with van der Waals surface area (Å²) >= 11 is 0. The highest BCUT2D eigenvalue weighted by Gasteiger charge is 2.74. The number of nitrogens with two attached hydrogens (primary N) is 2. The molecule has 14 heteroatoms. The highest BCUT2D eigenvalue weighted by molar-refractivity contribution is 6.02. The zero-order valence-electron chi connectivity index (χ0n) is 19.6. The van der Waals surface area contributed by atoms with Gasteiger partial charge >= 0.3 is 6.09 Å². The lowest BCUT2D eigenvalue weighted by Gasteiger charge is -2.48. The second-order valence-corrected chi connectivity index (χ2v) is 9.92. The molecule has 0 aromatic carbocycles. The van der Waals surface area contributed by atoms with E-state index in [9.17, 15) is 24.6 Å². The molecule has 0 aromatic rings. The van der Waals surface area contributed by atoms with Gasteiger partial charge in [-0.3, -0.25) is 14.5 Å². The number of amides is 3. The standard InChI is InChI=1S/C21H32N8O6/c1-27(11-5-3-2-4-6-11)19(32)35-13-10-29-18(23)24-12(9-28-14(30)7-8-15(28)31)16-20(29,21(13,33)34)26-17(22)25-16/h11-13,16,33-34H,2-10H2,1H3,(H2,23,24)(H3,22,25,26)/t12?,13?,16-,20-/m0/s1. The van der Waals surface area contributed by atoms with Crippen LogP contribution in [0.3, 0.4) is 0 Å². The lowest BCUT2D eigenvalue weighted by atomic mass is 9.85. The molecule has 5 aliphatic rings. The van der Waals surface area contributed by atoms with E-state index >= 15 is 0 Å². The molecule has 2 saturated heterocycles. The summed E-state index contributed by atoms with van der Waals surface area (Å²) in [6.45, 7) is -0.310. The van der Waals surface area contributed by atoms with Gasteiger partial charge in [-0.2, -0.15) is 0 Å². The summed E-state index contributed by atoms with van der Waals surface area (Å²) in [7, 11) is 1.64. The van der Waals surface area contributed by atoms with E-state index in [0.29, 0.717) is 0 Å². The molecule has 35 heavy (non-hydrogen) atoms. The van der Waals surface area contributed by atoms with Crippen molar-refractivity contribution < 1.29 is 29.3 Å². The number of imide groups is 1. The summed E-state index contributed by atoms with van der Waals surface area (Å²) < 4.78 is 5.61. The van der Waals surface area contributed by atoms with Crippen molar-refractivity contribution in [3.63, 3.8) is 0 Å². The van der Waals surface area contributed by atoms with Crippen LogP contribution in [0.4, 0.5) is 4.79 Å². The minimum atomic E-state index is -2.68. The molecule has 0 radical (unpaired) electrons. The van der Waals surface area contributed by atoms with Gasteiger partial charge in [0.25, 0.3) is 0 Å². The highest BCUT2D eigenvalue weighted by atomic mass is 16.6. The maximum absolute atomic E-state index is 12.9. The maximum atomic E-state index is 12.9. The number of nitrogens with one attached hydrogen (secondary N) is 1. The third-order valence-corrected chi connectivity index (χ3v) is 7.93. The van der Waals surface area contributed by atoms with Gasteiger partial charge in [-0.1, -0.05) is 19.3 Å². The molecule has 7 N–H and O–H groups in total. The van der Waals surface area contributed by atoms with Gasteiger partial charge < -0.3 is 41.5 Å². The van der Waals surface area contributed by atoms with Crippen LogP contribution in [0, 0.1) is 0 Å². The predicted octanol–water partition coefficient (Wildman–Crippen LogP) is -2.42. The first-order valence-electron chi connectivity index (χ1n) is 12.0. The van der Waals surface area contributed by atoms with Crippen LogP contribution in [0.25, 0.3) is 0 Å². The average molecular weight is 493 g/mol. The van der Waals surface area contributed by atoms with Crippen molar-refractivity contribution in [1.82, 2.24) is 20.0 Å². The molecule has 1 saturated carbocycles. The van der Waals surface area contributed by atoms with E-state index in [1.54, 1.807) is 7.05 Å². The van der Waals surface area contributed by atoms with Crippen LogP contribution in [0.15, 0.2) is 9.98 Å². The normalized spacial score (nSPS) is 34.2. The number of carbonyl (C=O) groups excluding carboxylic acids is 3. The van der Waals surface area contributed by atoms with E-state index in [1.807, 2.05) is 0 Å². The van der Waals surface area contributed by atoms with Gasteiger partial charge in [-0.25, -0.2) is 14.8 Å². The van der Waals surface area contributed by atoms with Crippen molar-refractivity contribution >= 4 is 29.8 Å². The fourth-order valence-electron chi connectivity index (χ4n) is 6.01. The third-order valence-electron chi connectivity index (χ3n) is 7.93. The second-order valence-electron chi connectivity index (χ2n) is 9.92. The molecule has 3 amide bonds. The Hall–Kier alpha value is -3.13. The van der Waals surface area contributed by atoms with E-state index in [2.05, 4.69) is 15.3 Å². The number of aliphatic imine (C=N–C) groups is 2. The zero-order chi connectivity index (χ0) is 25.1. The summed E-state index contributed by atoms with van der Waals surface area (Å²) in [5.74, 6) is -3.52. The van der Waals surface area contributed by atoms with Crippen LogP contribution >= 0.6 is 0 Å². The molecule has 4 heterocycles. The second kappa shape index (κ2) is 8.22. The number of hydrogen-bond acceptors (Lipinski definition) is 12. The van der Waals surface area contributed by atoms with Crippen LogP contribution in [0.5, 0.6) is 0 Å².